The van der Waals surface area contributed by atoms with Gasteiger partial charge >= 0.3 is 11.6 Å². The van der Waals surface area contributed by atoms with Gasteiger partial charge < -0.3 is 19.2 Å². The zero-order chi connectivity index (χ0) is 24.8. The summed E-state index contributed by atoms with van der Waals surface area (Å²) < 4.78 is 16.2. The molecule has 0 radical (unpaired) electrons. The minimum absolute atomic E-state index is 0.265. The van der Waals surface area contributed by atoms with Gasteiger partial charge in [-0.15, -0.1) is 0 Å². The molecule has 1 amide bonds. The van der Waals surface area contributed by atoms with E-state index in [1.807, 2.05) is 38.1 Å². The van der Waals surface area contributed by atoms with Crippen molar-refractivity contribution in [1.82, 2.24) is 0 Å². The highest BCUT2D eigenvalue weighted by atomic mass is 16.5. The number of benzene rings is 3. The van der Waals surface area contributed by atoms with E-state index in [4.69, 9.17) is 13.9 Å². The Morgan fingerprint density at radius 1 is 0.914 bits per heavy atom. The first-order chi connectivity index (χ1) is 16.9. The molecule has 0 fully saturated rings. The molecule has 4 rings (SSSR count). The van der Waals surface area contributed by atoms with E-state index in [0.717, 1.165) is 22.9 Å². The molecule has 0 unspecified atom stereocenters. The number of carbonyl (C=O) groups is 2. The standard InChI is InChI=1S/C28H25NO6/c1-3-14-33-28(32)21-8-10-22(11-9-21)29-27(31)20-6-4-19(5-7-20)17-34-23-12-13-24-18(2)15-26(30)35-25(24)16-23/h4-13,15-16H,3,14,17H2,1-2H3,(H,29,31). The minimum Gasteiger partial charge on any atom is -0.489 e. The molecule has 0 aliphatic rings. The van der Waals surface area contributed by atoms with Gasteiger partial charge in [-0.25, -0.2) is 9.59 Å². The summed E-state index contributed by atoms with van der Waals surface area (Å²) in [6.07, 6.45) is 0.757. The lowest BCUT2D eigenvalue weighted by atomic mass is 10.1. The molecule has 1 aromatic heterocycles. The van der Waals surface area contributed by atoms with E-state index in [0.29, 0.717) is 41.4 Å². The number of anilines is 1. The molecule has 1 heterocycles. The quantitative estimate of drug-likeness (QED) is 0.269. The van der Waals surface area contributed by atoms with Crippen molar-refractivity contribution in [1.29, 1.82) is 0 Å². The van der Waals surface area contributed by atoms with Crippen molar-refractivity contribution >= 4 is 28.5 Å². The number of nitrogens with one attached hydrogen (secondary N) is 1. The Hall–Kier alpha value is -4.39. The van der Waals surface area contributed by atoms with E-state index in [1.165, 1.54) is 6.07 Å². The lowest BCUT2D eigenvalue weighted by Crippen LogP contribution is -2.12. The number of ether oxygens (including phenoxy) is 2. The van der Waals surface area contributed by atoms with Crippen LogP contribution in [0.25, 0.3) is 11.0 Å². The normalized spacial score (nSPS) is 10.7. The molecule has 178 valence electrons. The van der Waals surface area contributed by atoms with Gasteiger partial charge in [0.15, 0.2) is 0 Å². The van der Waals surface area contributed by atoms with Crippen LogP contribution < -0.4 is 15.7 Å². The van der Waals surface area contributed by atoms with Gasteiger partial charge in [0.1, 0.15) is 17.9 Å². The highest BCUT2D eigenvalue weighted by Gasteiger charge is 2.10. The molecule has 0 saturated heterocycles. The van der Waals surface area contributed by atoms with Crippen molar-refractivity contribution in [2.45, 2.75) is 26.9 Å². The molecule has 0 atom stereocenters. The molecule has 0 saturated carbocycles. The van der Waals surface area contributed by atoms with Crippen LogP contribution in [0, 0.1) is 6.92 Å². The fourth-order valence-corrected chi connectivity index (χ4v) is 3.49. The predicted molar refractivity (Wildman–Crippen MR) is 133 cm³/mol. The van der Waals surface area contributed by atoms with Crippen LogP contribution in [0.2, 0.25) is 0 Å². The second kappa shape index (κ2) is 10.7. The van der Waals surface area contributed by atoms with Gasteiger partial charge in [-0.05, 0) is 73.0 Å². The van der Waals surface area contributed by atoms with Crippen molar-refractivity contribution in [2.24, 2.45) is 0 Å². The molecule has 7 heteroatoms. The van der Waals surface area contributed by atoms with E-state index < -0.39 is 5.63 Å². The number of aryl methyl sites for hydroxylation is 1. The summed E-state index contributed by atoms with van der Waals surface area (Å²) in [5.41, 5.74) is 3.31. The monoisotopic (exact) mass is 471 g/mol. The van der Waals surface area contributed by atoms with Crippen molar-refractivity contribution < 1.29 is 23.5 Å². The maximum atomic E-state index is 12.6. The zero-order valence-corrected chi connectivity index (χ0v) is 19.5. The molecule has 4 aromatic rings. The van der Waals surface area contributed by atoms with Crippen molar-refractivity contribution in [3.8, 4) is 5.75 Å². The van der Waals surface area contributed by atoms with Crippen LogP contribution >= 0.6 is 0 Å². The first-order valence-corrected chi connectivity index (χ1v) is 11.3. The summed E-state index contributed by atoms with van der Waals surface area (Å²) in [6.45, 7) is 4.45. The highest BCUT2D eigenvalue weighted by Crippen LogP contribution is 2.23. The third-order valence-corrected chi connectivity index (χ3v) is 5.36. The van der Waals surface area contributed by atoms with Gasteiger partial charge in [-0.2, -0.15) is 0 Å². The Morgan fingerprint density at radius 2 is 1.63 bits per heavy atom. The number of carbonyl (C=O) groups excluding carboxylic acids is 2. The summed E-state index contributed by atoms with van der Waals surface area (Å²) in [7, 11) is 0. The van der Waals surface area contributed by atoms with Crippen LogP contribution in [0.5, 0.6) is 5.75 Å². The Balaban J connectivity index is 1.34. The smallest absolute Gasteiger partial charge is 0.338 e. The Bertz CT molecular complexity index is 1400. The van der Waals surface area contributed by atoms with E-state index in [2.05, 4.69) is 5.32 Å². The van der Waals surface area contributed by atoms with Gasteiger partial charge in [-0.1, -0.05) is 19.1 Å². The average Bonchev–Trinajstić information content (AvgIpc) is 2.86. The van der Waals surface area contributed by atoms with E-state index in [-0.39, 0.29) is 11.9 Å². The molecular formula is C28H25NO6. The number of rotatable bonds is 8. The molecule has 1 N–H and O–H groups in total. The summed E-state index contributed by atoms with van der Waals surface area (Å²) >= 11 is 0. The van der Waals surface area contributed by atoms with Crippen LogP contribution in [0.1, 0.15) is 45.2 Å². The van der Waals surface area contributed by atoms with Crippen LogP contribution in [0.3, 0.4) is 0 Å². The second-order valence-electron chi connectivity index (χ2n) is 8.06. The Morgan fingerprint density at radius 3 is 2.34 bits per heavy atom. The third-order valence-electron chi connectivity index (χ3n) is 5.36. The lowest BCUT2D eigenvalue weighted by Gasteiger charge is -2.09. The van der Waals surface area contributed by atoms with Gasteiger partial charge in [0.05, 0.1) is 12.2 Å². The van der Waals surface area contributed by atoms with Crippen LogP contribution in [-0.2, 0) is 11.3 Å². The van der Waals surface area contributed by atoms with Crippen molar-refractivity contribution in [3.05, 3.63) is 105 Å². The number of esters is 1. The van der Waals surface area contributed by atoms with Crippen LogP contribution in [0.15, 0.2) is 82.0 Å². The Labute approximate surface area is 202 Å². The number of amides is 1. The van der Waals surface area contributed by atoms with E-state index in [1.54, 1.807) is 42.5 Å². The maximum absolute atomic E-state index is 12.6. The largest absolute Gasteiger partial charge is 0.489 e. The molecule has 0 bridgehead atoms. The molecule has 35 heavy (non-hydrogen) atoms. The number of hydrogen-bond acceptors (Lipinski definition) is 6. The van der Waals surface area contributed by atoms with Gasteiger partial charge in [-0.3, -0.25) is 4.79 Å². The summed E-state index contributed by atoms with van der Waals surface area (Å²) in [6, 6.07) is 20.5. The van der Waals surface area contributed by atoms with E-state index in [9.17, 15) is 14.4 Å². The SMILES string of the molecule is CCCOC(=O)c1ccc(NC(=O)c2ccc(COc3ccc4c(C)cc(=O)oc4c3)cc2)cc1. The van der Waals surface area contributed by atoms with Gasteiger partial charge in [0.2, 0.25) is 0 Å². The molecule has 3 aromatic carbocycles. The zero-order valence-electron chi connectivity index (χ0n) is 19.5. The summed E-state index contributed by atoms with van der Waals surface area (Å²) in [4.78, 5) is 36.1. The maximum Gasteiger partial charge on any atom is 0.338 e. The minimum atomic E-state index is -0.397. The van der Waals surface area contributed by atoms with Crippen molar-refractivity contribution in [2.75, 3.05) is 11.9 Å². The summed E-state index contributed by atoms with van der Waals surface area (Å²) in [5.74, 6) is -0.0697. The highest BCUT2D eigenvalue weighted by molar-refractivity contribution is 6.04. The lowest BCUT2D eigenvalue weighted by molar-refractivity contribution is 0.0505. The fourth-order valence-electron chi connectivity index (χ4n) is 3.49. The molecule has 7 nitrogen and oxygen atoms in total. The Kier molecular flexibility index (Phi) is 7.26. The number of hydrogen-bond donors (Lipinski definition) is 1. The first-order valence-electron chi connectivity index (χ1n) is 11.3. The summed E-state index contributed by atoms with van der Waals surface area (Å²) in [5, 5.41) is 3.67. The fraction of sp³-hybridized carbons (Fsp3) is 0.179. The van der Waals surface area contributed by atoms with Crippen LogP contribution in [-0.4, -0.2) is 18.5 Å². The van der Waals surface area contributed by atoms with Gasteiger partial charge in [0.25, 0.3) is 5.91 Å². The predicted octanol–water partition coefficient (Wildman–Crippen LogP) is 5.50. The molecular weight excluding hydrogens is 446 g/mol. The molecule has 0 aliphatic heterocycles. The molecule has 0 spiro atoms. The van der Waals surface area contributed by atoms with Crippen molar-refractivity contribution in [3.63, 3.8) is 0 Å². The van der Waals surface area contributed by atoms with E-state index >= 15 is 0 Å². The third kappa shape index (κ3) is 5.95. The van der Waals surface area contributed by atoms with Crippen LogP contribution in [0.4, 0.5) is 5.69 Å². The van der Waals surface area contributed by atoms with Gasteiger partial charge in [0, 0.05) is 28.8 Å². The molecule has 0 aliphatic carbocycles. The average molecular weight is 472 g/mol. The topological polar surface area (TPSA) is 94.8 Å². The number of fused-ring (bicyclic) bond motifs is 1. The second-order valence-corrected chi connectivity index (χ2v) is 8.06. The first kappa shape index (κ1) is 23.8.